The van der Waals surface area contributed by atoms with Gasteiger partial charge in [0.15, 0.2) is 0 Å². The van der Waals surface area contributed by atoms with Crippen molar-refractivity contribution in [1.82, 2.24) is 4.90 Å². The molecule has 1 aromatic carbocycles. The molecule has 2 nitrogen and oxygen atoms in total. The van der Waals surface area contributed by atoms with Crippen molar-refractivity contribution in [3.05, 3.63) is 29.3 Å². The van der Waals surface area contributed by atoms with Crippen LogP contribution in [0.25, 0.3) is 0 Å². The molecule has 0 heterocycles. The van der Waals surface area contributed by atoms with E-state index in [2.05, 4.69) is 31.0 Å². The smallest absolute Gasteiger partial charge is 0.123 e. The topological polar surface area (TPSA) is 12.5 Å². The number of aryl methyl sites for hydroxylation is 1. The van der Waals surface area contributed by atoms with Crippen molar-refractivity contribution >= 4 is 11.6 Å². The molecule has 0 unspecified atom stereocenters. The highest BCUT2D eigenvalue weighted by Gasteiger charge is 2.06. The Balaban J connectivity index is 2.67. The Morgan fingerprint density at radius 2 is 2.12 bits per heavy atom. The summed E-state index contributed by atoms with van der Waals surface area (Å²) < 4.78 is 5.35. The highest BCUT2D eigenvalue weighted by molar-refractivity contribution is 6.17. The number of methoxy groups -OCH3 is 1. The van der Waals surface area contributed by atoms with Crippen LogP contribution in [-0.2, 0) is 6.54 Å². The molecule has 0 aliphatic rings. The summed E-state index contributed by atoms with van der Waals surface area (Å²) in [5.41, 5.74) is 2.50. The van der Waals surface area contributed by atoms with Gasteiger partial charge in [0.25, 0.3) is 0 Å². The van der Waals surface area contributed by atoms with E-state index in [4.69, 9.17) is 16.3 Å². The zero-order valence-corrected chi connectivity index (χ0v) is 11.0. The number of rotatable bonds is 6. The minimum atomic E-state index is 0.718. The van der Waals surface area contributed by atoms with Crippen LogP contribution in [0.5, 0.6) is 5.75 Å². The van der Waals surface area contributed by atoms with Gasteiger partial charge in [-0.1, -0.05) is 17.7 Å². The number of benzene rings is 1. The van der Waals surface area contributed by atoms with Crippen molar-refractivity contribution in [3.63, 3.8) is 0 Å². The Morgan fingerprint density at radius 3 is 2.75 bits per heavy atom. The maximum Gasteiger partial charge on any atom is 0.123 e. The lowest BCUT2D eigenvalue weighted by molar-refractivity contribution is 0.318. The number of alkyl halides is 1. The van der Waals surface area contributed by atoms with E-state index in [0.29, 0.717) is 0 Å². The van der Waals surface area contributed by atoms with Crippen LogP contribution >= 0.6 is 11.6 Å². The average Bonchev–Trinajstić information content (AvgIpc) is 2.27. The Bertz CT molecular complexity index is 328. The first-order valence-electron chi connectivity index (χ1n) is 5.55. The Hall–Kier alpha value is -0.730. The molecule has 1 aromatic rings. The van der Waals surface area contributed by atoms with Crippen LogP contribution in [-0.4, -0.2) is 31.5 Å². The van der Waals surface area contributed by atoms with Gasteiger partial charge in [0.2, 0.25) is 0 Å². The fourth-order valence-electron chi connectivity index (χ4n) is 1.73. The molecule has 0 saturated heterocycles. The molecule has 0 amide bonds. The largest absolute Gasteiger partial charge is 0.496 e. The van der Waals surface area contributed by atoms with Crippen molar-refractivity contribution in [2.75, 3.05) is 26.6 Å². The van der Waals surface area contributed by atoms with Gasteiger partial charge in [0.05, 0.1) is 7.11 Å². The molecule has 1 rings (SSSR count). The van der Waals surface area contributed by atoms with E-state index in [1.807, 2.05) is 6.07 Å². The van der Waals surface area contributed by atoms with Crippen LogP contribution in [0, 0.1) is 6.92 Å². The summed E-state index contributed by atoms with van der Waals surface area (Å²) in [6.07, 6.45) is 1.02. The first kappa shape index (κ1) is 13.3. The zero-order valence-electron chi connectivity index (χ0n) is 10.3. The number of hydrogen-bond donors (Lipinski definition) is 0. The van der Waals surface area contributed by atoms with Gasteiger partial charge in [-0.15, -0.1) is 11.6 Å². The monoisotopic (exact) mass is 241 g/mol. The third-order valence-electron chi connectivity index (χ3n) is 2.55. The second-order valence-corrected chi connectivity index (χ2v) is 4.47. The Morgan fingerprint density at radius 1 is 1.38 bits per heavy atom. The van der Waals surface area contributed by atoms with E-state index >= 15 is 0 Å². The van der Waals surface area contributed by atoms with E-state index in [-0.39, 0.29) is 0 Å². The molecule has 0 bridgehead atoms. The van der Waals surface area contributed by atoms with Crippen LogP contribution < -0.4 is 4.74 Å². The standard InChI is InChI=1S/C13H20ClNO/c1-11-5-6-13(16-3)12(9-11)10-15(2)8-4-7-14/h5-6,9H,4,7-8,10H2,1-3H3. The third kappa shape index (κ3) is 4.03. The summed E-state index contributed by atoms with van der Waals surface area (Å²) in [5.74, 6) is 1.68. The van der Waals surface area contributed by atoms with E-state index in [1.165, 1.54) is 11.1 Å². The summed E-state index contributed by atoms with van der Waals surface area (Å²) in [7, 11) is 3.82. The maximum absolute atomic E-state index is 5.68. The van der Waals surface area contributed by atoms with Gasteiger partial charge in [-0.05, 0) is 33.0 Å². The highest BCUT2D eigenvalue weighted by Crippen LogP contribution is 2.20. The van der Waals surface area contributed by atoms with E-state index < -0.39 is 0 Å². The molecule has 3 heteroatoms. The fraction of sp³-hybridized carbons (Fsp3) is 0.538. The number of nitrogens with zero attached hydrogens (tertiary/aromatic N) is 1. The molecule has 0 saturated carbocycles. The minimum Gasteiger partial charge on any atom is -0.496 e. The Labute approximate surface area is 103 Å². The van der Waals surface area contributed by atoms with Crippen LogP contribution in [0.15, 0.2) is 18.2 Å². The van der Waals surface area contributed by atoms with Crippen LogP contribution in [0.4, 0.5) is 0 Å². The van der Waals surface area contributed by atoms with Crippen LogP contribution in [0.3, 0.4) is 0 Å². The van der Waals surface area contributed by atoms with Crippen molar-refractivity contribution in [2.45, 2.75) is 19.9 Å². The maximum atomic E-state index is 5.68. The minimum absolute atomic E-state index is 0.718. The van der Waals surface area contributed by atoms with Crippen molar-refractivity contribution in [1.29, 1.82) is 0 Å². The molecule has 0 spiro atoms. The number of ether oxygens (including phenoxy) is 1. The average molecular weight is 242 g/mol. The molecule has 0 atom stereocenters. The molecule has 0 radical (unpaired) electrons. The normalized spacial score (nSPS) is 10.8. The molecular weight excluding hydrogens is 222 g/mol. The zero-order chi connectivity index (χ0) is 12.0. The highest BCUT2D eigenvalue weighted by atomic mass is 35.5. The second-order valence-electron chi connectivity index (χ2n) is 4.10. The van der Waals surface area contributed by atoms with Crippen LogP contribution in [0.1, 0.15) is 17.5 Å². The first-order valence-corrected chi connectivity index (χ1v) is 6.09. The predicted octanol–water partition coefficient (Wildman–Crippen LogP) is 3.06. The van der Waals surface area contributed by atoms with Gasteiger partial charge in [0, 0.05) is 18.0 Å². The summed E-state index contributed by atoms with van der Waals surface area (Å²) in [4.78, 5) is 2.26. The quantitative estimate of drug-likeness (QED) is 0.710. The molecule has 16 heavy (non-hydrogen) atoms. The van der Waals surface area contributed by atoms with Gasteiger partial charge in [-0.3, -0.25) is 0 Å². The van der Waals surface area contributed by atoms with E-state index in [1.54, 1.807) is 7.11 Å². The van der Waals surface area contributed by atoms with Gasteiger partial charge < -0.3 is 9.64 Å². The predicted molar refractivity (Wildman–Crippen MR) is 69.4 cm³/mol. The van der Waals surface area contributed by atoms with Crippen molar-refractivity contribution in [2.24, 2.45) is 0 Å². The van der Waals surface area contributed by atoms with Gasteiger partial charge in [-0.2, -0.15) is 0 Å². The molecule has 0 aliphatic heterocycles. The van der Waals surface area contributed by atoms with E-state index in [0.717, 1.165) is 31.1 Å². The SMILES string of the molecule is COc1ccc(C)cc1CN(C)CCCCl. The first-order chi connectivity index (χ1) is 7.67. The Kier molecular flexibility index (Phi) is 5.64. The van der Waals surface area contributed by atoms with Crippen molar-refractivity contribution in [3.8, 4) is 5.75 Å². The molecule has 0 N–H and O–H groups in total. The number of halogens is 1. The van der Waals surface area contributed by atoms with Gasteiger partial charge in [0.1, 0.15) is 5.75 Å². The van der Waals surface area contributed by atoms with Gasteiger partial charge >= 0.3 is 0 Å². The molecule has 90 valence electrons. The summed E-state index contributed by atoms with van der Waals surface area (Å²) in [6, 6.07) is 6.27. The molecule has 0 aliphatic carbocycles. The number of hydrogen-bond acceptors (Lipinski definition) is 2. The lowest BCUT2D eigenvalue weighted by atomic mass is 10.1. The fourth-order valence-corrected chi connectivity index (χ4v) is 1.85. The third-order valence-corrected chi connectivity index (χ3v) is 2.82. The lowest BCUT2D eigenvalue weighted by Crippen LogP contribution is -2.19. The van der Waals surface area contributed by atoms with Gasteiger partial charge in [-0.25, -0.2) is 0 Å². The second kappa shape index (κ2) is 6.77. The van der Waals surface area contributed by atoms with Crippen molar-refractivity contribution < 1.29 is 4.74 Å². The molecule has 0 fully saturated rings. The summed E-state index contributed by atoms with van der Waals surface area (Å²) in [6.45, 7) is 4.02. The summed E-state index contributed by atoms with van der Waals surface area (Å²) in [5, 5.41) is 0. The molecule has 0 aromatic heterocycles. The van der Waals surface area contributed by atoms with E-state index in [9.17, 15) is 0 Å². The lowest BCUT2D eigenvalue weighted by Gasteiger charge is -2.18. The molecular formula is C13H20ClNO. The summed E-state index contributed by atoms with van der Waals surface area (Å²) >= 11 is 5.68. The van der Waals surface area contributed by atoms with Crippen LogP contribution in [0.2, 0.25) is 0 Å².